The van der Waals surface area contributed by atoms with Gasteiger partial charge in [0, 0.05) is 0 Å². The average Bonchev–Trinajstić information content (AvgIpc) is 2.48. The van der Waals surface area contributed by atoms with E-state index in [1.807, 2.05) is 19.1 Å². The third-order valence-electron chi connectivity index (χ3n) is 3.61. The molecule has 0 saturated carbocycles. The Morgan fingerprint density at radius 1 is 1.04 bits per heavy atom. The molecular formula is C16H15N3O3S. The summed E-state index contributed by atoms with van der Waals surface area (Å²) >= 11 is 0. The average molecular weight is 329 g/mol. The van der Waals surface area contributed by atoms with Crippen LogP contribution in [0, 0.1) is 13.8 Å². The second-order valence-corrected chi connectivity index (χ2v) is 6.92. The SMILES string of the molecule is Cc1ccc2nc(C)n(-c3ccc(S(N)(=O)=O)cc3)c(=O)c2c1. The van der Waals surface area contributed by atoms with Crippen LogP contribution in [0.4, 0.5) is 0 Å². The molecule has 0 spiro atoms. The number of primary sulfonamides is 1. The maximum absolute atomic E-state index is 12.8. The Labute approximate surface area is 133 Å². The fraction of sp³-hybridized carbons (Fsp3) is 0.125. The van der Waals surface area contributed by atoms with Crippen LogP contribution in [-0.4, -0.2) is 18.0 Å². The van der Waals surface area contributed by atoms with Gasteiger partial charge in [-0.3, -0.25) is 9.36 Å². The molecule has 0 fully saturated rings. The van der Waals surface area contributed by atoms with Crippen LogP contribution < -0.4 is 10.7 Å². The van der Waals surface area contributed by atoms with E-state index < -0.39 is 10.0 Å². The minimum Gasteiger partial charge on any atom is -0.268 e. The summed E-state index contributed by atoms with van der Waals surface area (Å²) in [4.78, 5) is 17.2. The van der Waals surface area contributed by atoms with Gasteiger partial charge in [-0.15, -0.1) is 0 Å². The van der Waals surface area contributed by atoms with Crippen molar-refractivity contribution in [3.63, 3.8) is 0 Å². The Balaban J connectivity index is 2.26. The lowest BCUT2D eigenvalue weighted by atomic mass is 10.1. The molecule has 1 heterocycles. The summed E-state index contributed by atoms with van der Waals surface area (Å²) in [6, 6.07) is 11.3. The predicted octanol–water partition coefficient (Wildman–Crippen LogP) is 1.65. The van der Waals surface area contributed by atoms with Crippen LogP contribution in [0.15, 0.2) is 52.2 Å². The normalized spacial score (nSPS) is 11.8. The Morgan fingerprint density at radius 3 is 2.30 bits per heavy atom. The molecule has 0 saturated heterocycles. The molecule has 0 amide bonds. The predicted molar refractivity (Wildman–Crippen MR) is 88.2 cm³/mol. The molecule has 0 atom stereocenters. The number of aryl methyl sites for hydroxylation is 2. The number of aromatic nitrogens is 2. The van der Waals surface area contributed by atoms with E-state index in [-0.39, 0.29) is 10.5 Å². The Bertz CT molecular complexity index is 1070. The van der Waals surface area contributed by atoms with Gasteiger partial charge in [0.2, 0.25) is 10.0 Å². The van der Waals surface area contributed by atoms with Gasteiger partial charge >= 0.3 is 0 Å². The van der Waals surface area contributed by atoms with Crippen LogP contribution in [0.25, 0.3) is 16.6 Å². The molecule has 2 N–H and O–H groups in total. The van der Waals surface area contributed by atoms with E-state index in [2.05, 4.69) is 4.98 Å². The van der Waals surface area contributed by atoms with Crippen LogP contribution in [0.2, 0.25) is 0 Å². The van der Waals surface area contributed by atoms with Gasteiger partial charge < -0.3 is 0 Å². The first kappa shape index (κ1) is 15.4. The highest BCUT2D eigenvalue weighted by Gasteiger charge is 2.12. The topological polar surface area (TPSA) is 95.1 Å². The summed E-state index contributed by atoms with van der Waals surface area (Å²) in [5, 5.41) is 5.61. The Morgan fingerprint density at radius 2 is 1.70 bits per heavy atom. The largest absolute Gasteiger partial charge is 0.268 e. The van der Waals surface area contributed by atoms with E-state index in [9.17, 15) is 13.2 Å². The number of fused-ring (bicyclic) bond motifs is 1. The van der Waals surface area contributed by atoms with Gasteiger partial charge in [0.25, 0.3) is 5.56 Å². The quantitative estimate of drug-likeness (QED) is 0.773. The highest BCUT2D eigenvalue weighted by Crippen LogP contribution is 2.16. The summed E-state index contributed by atoms with van der Waals surface area (Å²) in [6.07, 6.45) is 0. The van der Waals surface area contributed by atoms with E-state index in [1.54, 1.807) is 13.0 Å². The fourth-order valence-electron chi connectivity index (χ4n) is 2.50. The molecule has 3 rings (SSSR count). The van der Waals surface area contributed by atoms with Crippen LogP contribution in [0.3, 0.4) is 0 Å². The molecule has 0 aliphatic heterocycles. The molecule has 7 heteroatoms. The first-order valence-electron chi connectivity index (χ1n) is 6.90. The fourth-order valence-corrected chi connectivity index (χ4v) is 3.01. The van der Waals surface area contributed by atoms with Crippen molar-refractivity contribution in [2.45, 2.75) is 18.7 Å². The van der Waals surface area contributed by atoms with E-state index >= 15 is 0 Å². The first-order valence-corrected chi connectivity index (χ1v) is 8.45. The van der Waals surface area contributed by atoms with Gasteiger partial charge in [-0.25, -0.2) is 18.5 Å². The van der Waals surface area contributed by atoms with Crippen LogP contribution >= 0.6 is 0 Å². The summed E-state index contributed by atoms with van der Waals surface area (Å²) in [5.74, 6) is 0.523. The van der Waals surface area contributed by atoms with Crippen molar-refractivity contribution >= 4 is 20.9 Å². The molecule has 0 radical (unpaired) electrons. The maximum atomic E-state index is 12.8. The number of nitrogens with two attached hydrogens (primary N) is 1. The number of hydrogen-bond acceptors (Lipinski definition) is 4. The van der Waals surface area contributed by atoms with Crippen molar-refractivity contribution in [3.05, 3.63) is 64.2 Å². The van der Waals surface area contributed by atoms with Crippen LogP contribution in [-0.2, 0) is 10.0 Å². The number of nitrogens with zero attached hydrogens (tertiary/aromatic N) is 2. The minimum atomic E-state index is -3.77. The van der Waals surface area contributed by atoms with Crippen molar-refractivity contribution in [1.29, 1.82) is 0 Å². The standard InChI is InChI=1S/C16H15N3O3S/c1-10-3-8-15-14(9-10)16(20)19(11(2)18-15)12-4-6-13(7-5-12)23(17,21)22/h3-9H,1-2H3,(H2,17,21,22). The number of hydrogen-bond donors (Lipinski definition) is 1. The van der Waals surface area contributed by atoms with Gasteiger partial charge in [-0.2, -0.15) is 0 Å². The lowest BCUT2D eigenvalue weighted by Gasteiger charge is -2.11. The zero-order chi connectivity index (χ0) is 16.8. The van der Waals surface area contributed by atoms with Gasteiger partial charge in [0.15, 0.2) is 0 Å². The molecule has 6 nitrogen and oxygen atoms in total. The zero-order valence-electron chi connectivity index (χ0n) is 12.6. The van der Waals surface area contributed by atoms with Gasteiger partial charge in [0.05, 0.1) is 21.5 Å². The van der Waals surface area contributed by atoms with Gasteiger partial charge in [0.1, 0.15) is 5.82 Å². The maximum Gasteiger partial charge on any atom is 0.265 e. The molecule has 0 aliphatic rings. The molecule has 118 valence electrons. The van der Waals surface area contributed by atoms with Crippen LogP contribution in [0.1, 0.15) is 11.4 Å². The molecule has 3 aromatic rings. The summed E-state index contributed by atoms with van der Waals surface area (Å²) in [7, 11) is -3.77. The lowest BCUT2D eigenvalue weighted by molar-refractivity contribution is 0.598. The van der Waals surface area contributed by atoms with Gasteiger partial charge in [-0.1, -0.05) is 11.6 Å². The van der Waals surface area contributed by atoms with Gasteiger partial charge in [-0.05, 0) is 50.2 Å². The summed E-state index contributed by atoms with van der Waals surface area (Å²) in [6.45, 7) is 3.64. The van der Waals surface area contributed by atoms with Crippen molar-refractivity contribution in [2.24, 2.45) is 5.14 Å². The second kappa shape index (κ2) is 5.29. The third kappa shape index (κ3) is 2.76. The minimum absolute atomic E-state index is 0.00320. The number of sulfonamides is 1. The zero-order valence-corrected chi connectivity index (χ0v) is 13.5. The molecule has 0 unspecified atom stereocenters. The summed E-state index contributed by atoms with van der Waals surface area (Å²) in [5.41, 5.74) is 1.95. The van der Waals surface area contributed by atoms with E-state index in [0.717, 1.165) is 5.56 Å². The van der Waals surface area contributed by atoms with Crippen LogP contribution in [0.5, 0.6) is 0 Å². The van der Waals surface area contributed by atoms with E-state index in [4.69, 9.17) is 5.14 Å². The Kier molecular flexibility index (Phi) is 3.54. The molecule has 23 heavy (non-hydrogen) atoms. The van der Waals surface area contributed by atoms with E-state index in [0.29, 0.717) is 22.4 Å². The Hall–Kier alpha value is -2.51. The van der Waals surface area contributed by atoms with Crippen molar-refractivity contribution in [1.82, 2.24) is 9.55 Å². The molecular weight excluding hydrogens is 314 g/mol. The first-order chi connectivity index (χ1) is 10.8. The van der Waals surface area contributed by atoms with Crippen molar-refractivity contribution < 1.29 is 8.42 Å². The lowest BCUT2D eigenvalue weighted by Crippen LogP contribution is -2.22. The monoisotopic (exact) mass is 329 g/mol. The third-order valence-corrected chi connectivity index (χ3v) is 4.54. The van der Waals surface area contributed by atoms with Crippen molar-refractivity contribution in [3.8, 4) is 5.69 Å². The summed E-state index contributed by atoms with van der Waals surface area (Å²) < 4.78 is 24.1. The highest BCUT2D eigenvalue weighted by atomic mass is 32.2. The highest BCUT2D eigenvalue weighted by molar-refractivity contribution is 7.89. The van der Waals surface area contributed by atoms with E-state index in [1.165, 1.54) is 28.8 Å². The molecule has 0 aliphatic carbocycles. The molecule has 1 aromatic heterocycles. The number of rotatable bonds is 2. The van der Waals surface area contributed by atoms with Crippen molar-refractivity contribution in [2.75, 3.05) is 0 Å². The molecule has 2 aromatic carbocycles. The second-order valence-electron chi connectivity index (χ2n) is 5.36. The smallest absolute Gasteiger partial charge is 0.265 e. The number of benzene rings is 2. The molecule has 0 bridgehead atoms.